The first-order valence-electron chi connectivity index (χ1n) is 5.09. The fraction of sp³-hybridized carbons (Fsp3) is 0.167. The molecule has 0 aliphatic heterocycles. The van der Waals surface area contributed by atoms with Crippen molar-refractivity contribution in [1.29, 1.82) is 0 Å². The van der Waals surface area contributed by atoms with Gasteiger partial charge in [-0.2, -0.15) is 5.10 Å². The minimum atomic E-state index is -1.03. The van der Waals surface area contributed by atoms with E-state index in [0.717, 1.165) is 11.4 Å². The Morgan fingerprint density at radius 2 is 2.00 bits per heavy atom. The molecule has 2 rings (SSSR count). The zero-order chi connectivity index (χ0) is 12.6. The van der Waals surface area contributed by atoms with Crippen LogP contribution in [0.5, 0.6) is 5.75 Å². The van der Waals surface area contributed by atoms with Gasteiger partial charge in [-0.25, -0.2) is 9.48 Å². The van der Waals surface area contributed by atoms with Crippen molar-refractivity contribution in [2.24, 2.45) is 0 Å². The number of hydrogen-bond donors (Lipinski definition) is 2. The van der Waals surface area contributed by atoms with Crippen molar-refractivity contribution >= 4 is 5.97 Å². The Hall–Kier alpha value is -2.30. The third-order valence-corrected chi connectivity index (χ3v) is 2.46. The molecule has 5 nitrogen and oxygen atoms in total. The quantitative estimate of drug-likeness (QED) is 0.829. The second-order valence-corrected chi connectivity index (χ2v) is 3.85. The molecular weight excluding hydrogens is 220 g/mol. The van der Waals surface area contributed by atoms with E-state index in [1.165, 1.54) is 22.9 Å². The maximum Gasteiger partial charge on any atom is 0.335 e. The lowest BCUT2D eigenvalue weighted by atomic mass is 10.2. The Labute approximate surface area is 97.9 Å². The van der Waals surface area contributed by atoms with Gasteiger partial charge in [-0.1, -0.05) is 0 Å². The number of aryl methyl sites for hydroxylation is 2. The van der Waals surface area contributed by atoms with Crippen LogP contribution in [-0.2, 0) is 0 Å². The van der Waals surface area contributed by atoms with Gasteiger partial charge < -0.3 is 10.2 Å². The summed E-state index contributed by atoms with van der Waals surface area (Å²) < 4.78 is 1.52. The Bertz CT molecular complexity index is 587. The van der Waals surface area contributed by atoms with Crippen molar-refractivity contribution in [3.63, 3.8) is 0 Å². The van der Waals surface area contributed by atoms with E-state index in [0.29, 0.717) is 5.69 Å². The van der Waals surface area contributed by atoms with Crippen LogP contribution in [0.2, 0.25) is 0 Å². The molecule has 1 heterocycles. The summed E-state index contributed by atoms with van der Waals surface area (Å²) in [7, 11) is 0. The first-order chi connectivity index (χ1) is 7.99. The number of rotatable bonds is 2. The third-order valence-electron chi connectivity index (χ3n) is 2.46. The van der Waals surface area contributed by atoms with E-state index in [4.69, 9.17) is 5.11 Å². The number of nitrogens with zero attached hydrogens (tertiary/aromatic N) is 2. The molecule has 0 unspecified atom stereocenters. The van der Waals surface area contributed by atoms with Crippen LogP contribution in [-0.4, -0.2) is 26.0 Å². The molecule has 5 heteroatoms. The van der Waals surface area contributed by atoms with Gasteiger partial charge in [0.25, 0.3) is 0 Å². The molecule has 1 aromatic heterocycles. The van der Waals surface area contributed by atoms with Gasteiger partial charge in [0.1, 0.15) is 11.4 Å². The lowest BCUT2D eigenvalue weighted by Gasteiger charge is -2.07. The molecule has 0 spiro atoms. The predicted molar refractivity (Wildman–Crippen MR) is 61.7 cm³/mol. The SMILES string of the molecule is Cc1cc(C)n(-c2cc(C(=O)O)ccc2O)n1. The highest BCUT2D eigenvalue weighted by molar-refractivity contribution is 5.88. The first-order valence-corrected chi connectivity index (χ1v) is 5.09. The molecule has 0 atom stereocenters. The standard InChI is InChI=1S/C12H12N2O3/c1-7-5-8(2)14(13-7)10-6-9(12(16)17)3-4-11(10)15/h3-6,15H,1-2H3,(H,16,17). The molecule has 88 valence electrons. The molecule has 0 saturated heterocycles. The predicted octanol–water partition coefficient (Wildman–Crippen LogP) is 1.89. The second-order valence-electron chi connectivity index (χ2n) is 3.85. The molecule has 0 saturated carbocycles. The normalized spacial score (nSPS) is 10.5. The van der Waals surface area contributed by atoms with Crippen LogP contribution < -0.4 is 0 Å². The van der Waals surface area contributed by atoms with E-state index in [1.807, 2.05) is 19.9 Å². The number of carboxylic acid groups (broad SMARTS) is 1. The maximum absolute atomic E-state index is 10.9. The topological polar surface area (TPSA) is 75.4 Å². The van der Waals surface area contributed by atoms with Gasteiger partial charge in [-0.15, -0.1) is 0 Å². The highest BCUT2D eigenvalue weighted by atomic mass is 16.4. The molecular formula is C12H12N2O3. The second kappa shape index (κ2) is 3.93. The highest BCUT2D eigenvalue weighted by Crippen LogP contribution is 2.24. The summed E-state index contributed by atoms with van der Waals surface area (Å²) in [6.07, 6.45) is 0. The fourth-order valence-electron chi connectivity index (χ4n) is 1.70. The van der Waals surface area contributed by atoms with Crippen molar-refractivity contribution in [3.8, 4) is 11.4 Å². The number of carbonyl (C=O) groups is 1. The number of aromatic hydroxyl groups is 1. The molecule has 0 aliphatic carbocycles. The monoisotopic (exact) mass is 232 g/mol. The number of phenolic OH excluding ortho intramolecular Hbond substituents is 1. The van der Waals surface area contributed by atoms with Crippen LogP contribution in [0, 0.1) is 13.8 Å². The molecule has 2 aromatic rings. The van der Waals surface area contributed by atoms with Crippen LogP contribution in [0.1, 0.15) is 21.7 Å². The van der Waals surface area contributed by atoms with Gasteiger partial charge >= 0.3 is 5.97 Å². The maximum atomic E-state index is 10.9. The fourth-order valence-corrected chi connectivity index (χ4v) is 1.70. The van der Waals surface area contributed by atoms with Crippen LogP contribution >= 0.6 is 0 Å². The average Bonchev–Trinajstić information content (AvgIpc) is 2.58. The molecule has 17 heavy (non-hydrogen) atoms. The van der Waals surface area contributed by atoms with Crippen LogP contribution in [0.3, 0.4) is 0 Å². The number of benzene rings is 1. The van der Waals surface area contributed by atoms with Gasteiger partial charge in [-0.05, 0) is 38.1 Å². The lowest BCUT2D eigenvalue weighted by molar-refractivity contribution is 0.0697. The minimum absolute atomic E-state index is 0.00111. The molecule has 0 radical (unpaired) electrons. The van der Waals surface area contributed by atoms with Crippen LogP contribution in [0.4, 0.5) is 0 Å². The van der Waals surface area contributed by atoms with Gasteiger partial charge in [0.05, 0.1) is 11.3 Å². The number of carboxylic acids is 1. The summed E-state index contributed by atoms with van der Waals surface area (Å²) >= 11 is 0. The van der Waals surface area contributed by atoms with Crippen LogP contribution in [0.25, 0.3) is 5.69 Å². The Morgan fingerprint density at radius 1 is 1.29 bits per heavy atom. The molecule has 0 amide bonds. The van der Waals surface area contributed by atoms with Crippen LogP contribution in [0.15, 0.2) is 24.3 Å². The van der Waals surface area contributed by atoms with E-state index < -0.39 is 5.97 Å². The third kappa shape index (κ3) is 1.99. The van der Waals surface area contributed by atoms with Gasteiger partial charge in [0, 0.05) is 5.69 Å². The summed E-state index contributed by atoms with van der Waals surface area (Å²) in [5, 5.41) is 22.9. The van der Waals surface area contributed by atoms with E-state index >= 15 is 0 Å². The minimum Gasteiger partial charge on any atom is -0.506 e. The largest absolute Gasteiger partial charge is 0.506 e. The van der Waals surface area contributed by atoms with Crippen molar-refractivity contribution in [3.05, 3.63) is 41.2 Å². The van der Waals surface area contributed by atoms with Gasteiger partial charge in [0.15, 0.2) is 0 Å². The van der Waals surface area contributed by atoms with Crippen molar-refractivity contribution < 1.29 is 15.0 Å². The zero-order valence-corrected chi connectivity index (χ0v) is 9.51. The Kier molecular flexibility index (Phi) is 2.59. The summed E-state index contributed by atoms with van der Waals surface area (Å²) in [5.74, 6) is -1.03. The number of phenols is 1. The van der Waals surface area contributed by atoms with Crippen molar-refractivity contribution in [2.75, 3.05) is 0 Å². The molecule has 0 fully saturated rings. The molecule has 0 aliphatic rings. The summed E-state index contributed by atoms with van der Waals surface area (Å²) in [4.78, 5) is 10.9. The number of aromatic nitrogens is 2. The van der Waals surface area contributed by atoms with Gasteiger partial charge in [0.2, 0.25) is 0 Å². The number of aromatic carboxylic acids is 1. The van der Waals surface area contributed by atoms with E-state index in [2.05, 4.69) is 5.10 Å². The molecule has 0 bridgehead atoms. The van der Waals surface area contributed by atoms with Gasteiger partial charge in [-0.3, -0.25) is 0 Å². The summed E-state index contributed by atoms with van der Waals surface area (Å²) in [6, 6.07) is 5.96. The number of hydrogen-bond acceptors (Lipinski definition) is 3. The first kappa shape index (κ1) is 11.2. The summed E-state index contributed by atoms with van der Waals surface area (Å²) in [5.41, 5.74) is 2.13. The van der Waals surface area contributed by atoms with Crippen molar-refractivity contribution in [2.45, 2.75) is 13.8 Å². The lowest BCUT2D eigenvalue weighted by Crippen LogP contribution is -2.03. The zero-order valence-electron chi connectivity index (χ0n) is 9.51. The Balaban J connectivity index is 2.62. The Morgan fingerprint density at radius 3 is 2.53 bits per heavy atom. The van der Waals surface area contributed by atoms with E-state index in [9.17, 15) is 9.90 Å². The van der Waals surface area contributed by atoms with Crippen molar-refractivity contribution in [1.82, 2.24) is 9.78 Å². The van der Waals surface area contributed by atoms with E-state index in [1.54, 1.807) is 0 Å². The molecule has 1 aromatic carbocycles. The average molecular weight is 232 g/mol. The molecule has 2 N–H and O–H groups in total. The van der Waals surface area contributed by atoms with E-state index in [-0.39, 0.29) is 11.3 Å². The summed E-state index contributed by atoms with van der Waals surface area (Å²) in [6.45, 7) is 3.68. The highest BCUT2D eigenvalue weighted by Gasteiger charge is 2.12. The smallest absolute Gasteiger partial charge is 0.335 e.